The Labute approximate surface area is 126 Å². The third kappa shape index (κ3) is 4.84. The summed E-state index contributed by atoms with van der Waals surface area (Å²) in [5.41, 5.74) is 1.84. The summed E-state index contributed by atoms with van der Waals surface area (Å²) >= 11 is 1.84. The van der Waals surface area contributed by atoms with Crippen LogP contribution in [0.4, 0.5) is 0 Å². The van der Waals surface area contributed by atoms with Crippen LogP contribution in [0.3, 0.4) is 0 Å². The molecule has 112 valence electrons. The number of carboxylic acids is 1. The highest BCUT2D eigenvalue weighted by atomic mass is 32.2. The van der Waals surface area contributed by atoms with Crippen LogP contribution in [0, 0.1) is 13.8 Å². The van der Waals surface area contributed by atoms with E-state index in [2.05, 4.69) is 37.4 Å². The first-order valence-electron chi connectivity index (χ1n) is 7.01. The largest absolute Gasteiger partial charge is 0.480 e. The average Bonchev–Trinajstić information content (AvgIpc) is 2.41. The number of hydrogen-bond donors (Lipinski definition) is 2. The number of likely N-dealkylation sites (N-methyl/N-ethyl adjacent to an activating group) is 1. The van der Waals surface area contributed by atoms with Gasteiger partial charge in [-0.15, -0.1) is 11.8 Å². The standard InChI is InChI=1S/C16H25NO2S/c1-12-7-8-14(11-13(12)2)20-10-6-5-9-16(3,17-4)15(18)19/h7-8,11,17H,5-6,9-10H2,1-4H3,(H,18,19). The summed E-state index contributed by atoms with van der Waals surface area (Å²) < 4.78 is 0. The Bertz CT molecular complexity index is 462. The van der Waals surface area contributed by atoms with Crippen molar-refractivity contribution in [3.05, 3.63) is 29.3 Å². The third-order valence-electron chi connectivity index (χ3n) is 3.84. The number of nitrogens with one attached hydrogen (secondary N) is 1. The van der Waals surface area contributed by atoms with Crippen LogP contribution in [0.1, 0.15) is 37.3 Å². The minimum Gasteiger partial charge on any atom is -0.480 e. The molecule has 4 heteroatoms. The molecule has 0 aliphatic heterocycles. The van der Waals surface area contributed by atoms with Crippen LogP contribution in [-0.2, 0) is 4.79 Å². The van der Waals surface area contributed by atoms with Gasteiger partial charge in [-0.3, -0.25) is 4.79 Å². The van der Waals surface area contributed by atoms with E-state index in [1.54, 1.807) is 14.0 Å². The van der Waals surface area contributed by atoms with Crippen molar-refractivity contribution in [2.45, 2.75) is 50.5 Å². The topological polar surface area (TPSA) is 49.3 Å². The van der Waals surface area contributed by atoms with Crippen molar-refractivity contribution in [2.75, 3.05) is 12.8 Å². The zero-order valence-electron chi connectivity index (χ0n) is 12.8. The Morgan fingerprint density at radius 3 is 2.55 bits per heavy atom. The van der Waals surface area contributed by atoms with E-state index in [0.717, 1.165) is 18.6 Å². The molecular formula is C16H25NO2S. The summed E-state index contributed by atoms with van der Waals surface area (Å²) in [4.78, 5) is 12.4. The van der Waals surface area contributed by atoms with Gasteiger partial charge in [-0.1, -0.05) is 12.5 Å². The van der Waals surface area contributed by atoms with Crippen molar-refractivity contribution < 1.29 is 9.90 Å². The molecular weight excluding hydrogens is 270 g/mol. The lowest BCUT2D eigenvalue weighted by atomic mass is 9.95. The number of carboxylic acid groups (broad SMARTS) is 1. The summed E-state index contributed by atoms with van der Waals surface area (Å²) in [5.74, 6) is 0.254. The quantitative estimate of drug-likeness (QED) is 0.568. The zero-order valence-corrected chi connectivity index (χ0v) is 13.6. The van der Waals surface area contributed by atoms with E-state index < -0.39 is 11.5 Å². The molecule has 0 aliphatic rings. The van der Waals surface area contributed by atoms with Gasteiger partial charge in [0, 0.05) is 4.90 Å². The van der Waals surface area contributed by atoms with Gasteiger partial charge in [-0.25, -0.2) is 0 Å². The Hall–Kier alpha value is -1.00. The van der Waals surface area contributed by atoms with E-state index in [-0.39, 0.29) is 0 Å². The lowest BCUT2D eigenvalue weighted by Crippen LogP contribution is -2.47. The molecule has 1 unspecified atom stereocenters. The number of benzene rings is 1. The highest BCUT2D eigenvalue weighted by molar-refractivity contribution is 7.99. The van der Waals surface area contributed by atoms with Crippen LogP contribution in [0.15, 0.2) is 23.1 Å². The molecule has 0 saturated heterocycles. The first kappa shape index (κ1) is 17.1. The van der Waals surface area contributed by atoms with Crippen molar-refractivity contribution in [2.24, 2.45) is 0 Å². The van der Waals surface area contributed by atoms with E-state index >= 15 is 0 Å². The van der Waals surface area contributed by atoms with Gasteiger partial charge < -0.3 is 10.4 Å². The smallest absolute Gasteiger partial charge is 0.323 e. The number of rotatable bonds is 8. The van der Waals surface area contributed by atoms with Crippen LogP contribution in [0.2, 0.25) is 0 Å². The van der Waals surface area contributed by atoms with Crippen molar-refractivity contribution in [3.63, 3.8) is 0 Å². The van der Waals surface area contributed by atoms with Crippen molar-refractivity contribution in [3.8, 4) is 0 Å². The fraction of sp³-hybridized carbons (Fsp3) is 0.562. The second kappa shape index (κ2) is 7.70. The van der Waals surface area contributed by atoms with Gasteiger partial charge in [0.15, 0.2) is 0 Å². The summed E-state index contributed by atoms with van der Waals surface area (Å²) in [6.07, 6.45) is 2.61. The van der Waals surface area contributed by atoms with Gasteiger partial charge in [0.1, 0.15) is 5.54 Å². The molecule has 0 bridgehead atoms. The summed E-state index contributed by atoms with van der Waals surface area (Å²) in [7, 11) is 1.71. The minimum absolute atomic E-state index is 0.659. The van der Waals surface area contributed by atoms with E-state index in [0.29, 0.717) is 6.42 Å². The predicted molar refractivity (Wildman–Crippen MR) is 85.6 cm³/mol. The minimum atomic E-state index is -0.800. The van der Waals surface area contributed by atoms with Crippen LogP contribution >= 0.6 is 11.8 Å². The molecule has 1 aromatic rings. The highest BCUT2D eigenvalue weighted by Gasteiger charge is 2.29. The zero-order chi connectivity index (χ0) is 15.2. The summed E-state index contributed by atoms with van der Waals surface area (Å²) in [6, 6.07) is 6.52. The lowest BCUT2D eigenvalue weighted by Gasteiger charge is -2.23. The van der Waals surface area contributed by atoms with Crippen molar-refractivity contribution in [1.82, 2.24) is 5.32 Å². The molecule has 0 amide bonds. The van der Waals surface area contributed by atoms with Crippen LogP contribution in [0.25, 0.3) is 0 Å². The molecule has 3 nitrogen and oxygen atoms in total. The van der Waals surface area contributed by atoms with Crippen molar-refractivity contribution >= 4 is 17.7 Å². The van der Waals surface area contributed by atoms with E-state index in [9.17, 15) is 4.79 Å². The number of hydrogen-bond acceptors (Lipinski definition) is 3. The van der Waals surface area contributed by atoms with Crippen LogP contribution < -0.4 is 5.32 Å². The highest BCUT2D eigenvalue weighted by Crippen LogP contribution is 2.23. The molecule has 0 aromatic heterocycles. The molecule has 1 aromatic carbocycles. The summed E-state index contributed by atoms with van der Waals surface area (Å²) in [5, 5.41) is 12.0. The number of thioether (sulfide) groups is 1. The van der Waals surface area contributed by atoms with E-state index in [1.165, 1.54) is 16.0 Å². The van der Waals surface area contributed by atoms with Crippen molar-refractivity contribution in [1.29, 1.82) is 0 Å². The molecule has 2 N–H and O–H groups in total. The molecule has 1 rings (SSSR count). The Kier molecular flexibility index (Phi) is 6.56. The first-order valence-corrected chi connectivity index (χ1v) is 8.00. The van der Waals surface area contributed by atoms with Gasteiger partial charge in [0.2, 0.25) is 0 Å². The molecule has 0 saturated carbocycles. The number of aliphatic carboxylic acids is 1. The maximum atomic E-state index is 11.1. The third-order valence-corrected chi connectivity index (χ3v) is 4.92. The Morgan fingerprint density at radius 2 is 2.00 bits per heavy atom. The van der Waals surface area contributed by atoms with Gasteiger partial charge in [0.05, 0.1) is 0 Å². The number of carbonyl (C=O) groups is 1. The Balaban J connectivity index is 2.31. The van der Waals surface area contributed by atoms with Gasteiger partial charge >= 0.3 is 5.97 Å². The normalized spacial score (nSPS) is 14.0. The Morgan fingerprint density at radius 1 is 1.30 bits per heavy atom. The molecule has 0 aliphatic carbocycles. The second-order valence-corrected chi connectivity index (χ2v) is 6.61. The fourth-order valence-electron chi connectivity index (χ4n) is 1.91. The first-order chi connectivity index (χ1) is 9.39. The second-order valence-electron chi connectivity index (χ2n) is 5.44. The number of unbranched alkanes of at least 4 members (excludes halogenated alkanes) is 1. The monoisotopic (exact) mass is 295 g/mol. The van der Waals surface area contributed by atoms with Gasteiger partial charge in [0.25, 0.3) is 0 Å². The van der Waals surface area contributed by atoms with Crippen LogP contribution in [0.5, 0.6) is 0 Å². The van der Waals surface area contributed by atoms with E-state index in [4.69, 9.17) is 5.11 Å². The molecule has 1 atom stereocenters. The maximum Gasteiger partial charge on any atom is 0.323 e. The SMILES string of the molecule is CNC(C)(CCCCSc1ccc(C)c(C)c1)C(=O)O. The molecule has 0 fully saturated rings. The molecule has 0 radical (unpaired) electrons. The maximum absolute atomic E-state index is 11.1. The molecule has 20 heavy (non-hydrogen) atoms. The lowest BCUT2D eigenvalue weighted by molar-refractivity contribution is -0.144. The summed E-state index contributed by atoms with van der Waals surface area (Å²) in [6.45, 7) is 5.99. The predicted octanol–water partition coefficient (Wildman–Crippen LogP) is 3.63. The van der Waals surface area contributed by atoms with E-state index in [1.807, 2.05) is 11.8 Å². The average molecular weight is 295 g/mol. The van der Waals surface area contributed by atoms with Crippen LogP contribution in [-0.4, -0.2) is 29.4 Å². The molecule has 0 spiro atoms. The number of aryl methyl sites for hydroxylation is 2. The molecule has 0 heterocycles. The van der Waals surface area contributed by atoms with Gasteiger partial charge in [-0.05, 0) is 69.7 Å². The van der Waals surface area contributed by atoms with Gasteiger partial charge in [-0.2, -0.15) is 0 Å². The fourth-order valence-corrected chi connectivity index (χ4v) is 2.92.